The normalized spacial score (nSPS) is 10.3. The van der Waals surface area contributed by atoms with Gasteiger partial charge in [-0.05, 0) is 0 Å². The van der Waals surface area contributed by atoms with Crippen LogP contribution in [0.5, 0.6) is 0 Å². The minimum atomic E-state index is -0.0556. The van der Waals surface area contributed by atoms with Crippen molar-refractivity contribution in [1.29, 1.82) is 0 Å². The van der Waals surface area contributed by atoms with Crippen molar-refractivity contribution < 1.29 is 0 Å². The van der Waals surface area contributed by atoms with Gasteiger partial charge in [0.05, 0.1) is 0 Å². The first kappa shape index (κ1) is 7.52. The maximum absolute atomic E-state index is 2.32. The Morgan fingerprint density at radius 3 is 1.14 bits per heavy atom. The van der Waals surface area contributed by atoms with Crippen molar-refractivity contribution in [1.82, 2.24) is 0 Å². The van der Waals surface area contributed by atoms with E-state index in [9.17, 15) is 0 Å². The van der Waals surface area contributed by atoms with E-state index in [0.717, 1.165) is 0 Å². The molecular formula is C6H15Se. The van der Waals surface area contributed by atoms with E-state index < -0.39 is 0 Å². The summed E-state index contributed by atoms with van der Waals surface area (Å²) in [5, 5.41) is 4.44. The summed E-state index contributed by atoms with van der Waals surface area (Å²) < 4.78 is 0. The third-order valence-electron chi connectivity index (χ3n) is 1.22. The topological polar surface area (TPSA) is 0 Å². The Bertz CT molecular complexity index is 25.7. The summed E-state index contributed by atoms with van der Waals surface area (Å²) in [6, 6.07) is 0. The first-order valence-corrected chi connectivity index (χ1v) is 6.62. The second kappa shape index (κ2) is 4.67. The Morgan fingerprint density at radius 1 is 0.857 bits per heavy atom. The molecule has 0 nitrogen and oxygen atoms in total. The molecular weight excluding hydrogens is 151 g/mol. The van der Waals surface area contributed by atoms with Gasteiger partial charge in [0.25, 0.3) is 0 Å². The van der Waals surface area contributed by atoms with Crippen LogP contribution in [0.1, 0.15) is 20.8 Å². The van der Waals surface area contributed by atoms with Crippen LogP contribution in [0.25, 0.3) is 0 Å². The molecule has 0 heterocycles. The third kappa shape index (κ3) is 3.13. The van der Waals surface area contributed by atoms with E-state index in [2.05, 4.69) is 20.8 Å². The first-order chi connectivity index (χ1) is 3.35. The molecule has 0 aromatic rings. The molecule has 0 rings (SSSR count). The van der Waals surface area contributed by atoms with Gasteiger partial charge < -0.3 is 0 Å². The van der Waals surface area contributed by atoms with Gasteiger partial charge in [0.15, 0.2) is 0 Å². The van der Waals surface area contributed by atoms with Gasteiger partial charge >= 0.3 is 50.6 Å². The van der Waals surface area contributed by atoms with Crippen molar-refractivity contribution in [3.05, 3.63) is 0 Å². The number of rotatable bonds is 3. The van der Waals surface area contributed by atoms with Crippen LogP contribution in [0.3, 0.4) is 0 Å². The van der Waals surface area contributed by atoms with Crippen molar-refractivity contribution in [2.24, 2.45) is 0 Å². The molecule has 0 aromatic heterocycles. The standard InChI is InChI=1S/C6H15Se/c1-4-7(5-2)6-3/h4-6H2,1-3H3. The summed E-state index contributed by atoms with van der Waals surface area (Å²) in [7, 11) is 0. The molecule has 0 aliphatic carbocycles. The second-order valence-electron chi connectivity index (χ2n) is 1.48. The van der Waals surface area contributed by atoms with Gasteiger partial charge in [0, 0.05) is 0 Å². The monoisotopic (exact) mass is 167 g/mol. The van der Waals surface area contributed by atoms with Crippen LogP contribution in [0, 0.1) is 0 Å². The van der Waals surface area contributed by atoms with Crippen LogP contribution < -0.4 is 0 Å². The molecule has 0 saturated carbocycles. The summed E-state index contributed by atoms with van der Waals surface area (Å²) in [6.45, 7) is 6.95. The zero-order valence-corrected chi connectivity index (χ0v) is 7.24. The molecule has 1 heteroatoms. The van der Waals surface area contributed by atoms with Crippen molar-refractivity contribution >= 4 is 13.9 Å². The molecule has 0 atom stereocenters. The molecule has 0 unspecified atom stereocenters. The Labute approximate surface area is 51.2 Å². The van der Waals surface area contributed by atoms with Gasteiger partial charge in [-0.2, -0.15) is 0 Å². The van der Waals surface area contributed by atoms with E-state index in [0.29, 0.717) is 0 Å². The van der Waals surface area contributed by atoms with E-state index in [-0.39, 0.29) is 13.9 Å². The third-order valence-corrected chi connectivity index (χ3v) is 6.36. The van der Waals surface area contributed by atoms with Crippen LogP contribution in [0.2, 0.25) is 16.0 Å². The van der Waals surface area contributed by atoms with E-state index in [1.807, 2.05) is 0 Å². The number of hydrogen-bond donors (Lipinski definition) is 0. The fraction of sp³-hybridized carbons (Fsp3) is 1.00. The molecule has 7 heavy (non-hydrogen) atoms. The molecule has 0 fully saturated rings. The molecule has 0 N–H and O–H groups in total. The van der Waals surface area contributed by atoms with Crippen LogP contribution in [-0.4, -0.2) is 13.9 Å². The van der Waals surface area contributed by atoms with Gasteiger partial charge in [0.1, 0.15) is 0 Å². The molecule has 1 radical (unpaired) electrons. The molecule has 0 aliphatic heterocycles. The summed E-state index contributed by atoms with van der Waals surface area (Å²) in [4.78, 5) is 0. The van der Waals surface area contributed by atoms with Gasteiger partial charge in [-0.1, -0.05) is 0 Å². The molecule has 0 aromatic carbocycles. The zero-order valence-electron chi connectivity index (χ0n) is 5.53. The number of hydrogen-bond acceptors (Lipinski definition) is 0. The fourth-order valence-corrected chi connectivity index (χ4v) is 3.18. The maximum atomic E-state index is 2.32. The van der Waals surface area contributed by atoms with E-state index in [4.69, 9.17) is 0 Å². The van der Waals surface area contributed by atoms with Crippen LogP contribution in [0.4, 0.5) is 0 Å². The predicted octanol–water partition coefficient (Wildman–Crippen LogP) is 2.54. The predicted molar refractivity (Wildman–Crippen MR) is 37.2 cm³/mol. The summed E-state index contributed by atoms with van der Waals surface area (Å²) in [6.07, 6.45) is 0. The van der Waals surface area contributed by atoms with Crippen molar-refractivity contribution in [3.8, 4) is 0 Å². The summed E-state index contributed by atoms with van der Waals surface area (Å²) >= 11 is -0.0556. The average Bonchev–Trinajstić information content (AvgIpc) is 1.72. The van der Waals surface area contributed by atoms with E-state index in [1.165, 1.54) is 16.0 Å². The first-order valence-electron chi connectivity index (χ1n) is 2.99. The van der Waals surface area contributed by atoms with Crippen molar-refractivity contribution in [2.45, 2.75) is 36.7 Å². The fourth-order valence-electron chi connectivity index (χ4n) is 0.612. The average molecular weight is 166 g/mol. The Kier molecular flexibility index (Phi) is 5.02. The van der Waals surface area contributed by atoms with Crippen LogP contribution >= 0.6 is 0 Å². The van der Waals surface area contributed by atoms with Crippen LogP contribution in [0.15, 0.2) is 0 Å². The quantitative estimate of drug-likeness (QED) is 0.565. The van der Waals surface area contributed by atoms with Crippen LogP contribution in [-0.2, 0) is 0 Å². The van der Waals surface area contributed by atoms with Gasteiger partial charge in [-0.25, -0.2) is 0 Å². The Hall–Kier alpha value is 0.519. The second-order valence-corrected chi connectivity index (χ2v) is 7.68. The molecule has 0 bridgehead atoms. The van der Waals surface area contributed by atoms with Gasteiger partial charge in [-0.15, -0.1) is 0 Å². The molecule has 0 amide bonds. The SMILES string of the molecule is CC[Se](CC)CC. The van der Waals surface area contributed by atoms with E-state index >= 15 is 0 Å². The molecule has 0 spiro atoms. The molecule has 45 valence electrons. The Balaban J connectivity index is 2.99. The summed E-state index contributed by atoms with van der Waals surface area (Å²) in [5.41, 5.74) is 0. The van der Waals surface area contributed by atoms with Crippen molar-refractivity contribution in [2.75, 3.05) is 0 Å². The molecule has 0 saturated heterocycles. The van der Waals surface area contributed by atoms with Gasteiger partial charge in [0.2, 0.25) is 0 Å². The van der Waals surface area contributed by atoms with E-state index in [1.54, 1.807) is 0 Å². The van der Waals surface area contributed by atoms with Crippen molar-refractivity contribution in [3.63, 3.8) is 0 Å². The minimum absolute atomic E-state index is 0.0556. The summed E-state index contributed by atoms with van der Waals surface area (Å²) in [5.74, 6) is 0. The Morgan fingerprint density at radius 2 is 1.14 bits per heavy atom. The molecule has 0 aliphatic rings. The van der Waals surface area contributed by atoms with Gasteiger partial charge in [-0.3, -0.25) is 0 Å². The zero-order chi connectivity index (χ0) is 5.70.